The minimum Gasteiger partial charge on any atom is -0.469 e. The van der Waals surface area contributed by atoms with Crippen LogP contribution < -0.4 is 0 Å². The predicted molar refractivity (Wildman–Crippen MR) is 80.3 cm³/mol. The number of nitrogens with zero attached hydrogens (tertiary/aromatic N) is 2. The highest BCUT2D eigenvalue weighted by molar-refractivity contribution is 6.35. The topological polar surface area (TPSA) is 59.5 Å². The number of hydrogen-bond acceptors (Lipinski definition) is 4. The van der Waals surface area contributed by atoms with Gasteiger partial charge in [-0.25, -0.2) is 4.98 Å². The lowest BCUT2D eigenvalue weighted by Crippen LogP contribution is -2.30. The smallest absolute Gasteiger partial charge is 0.307 e. The number of rotatable bonds is 4. The third kappa shape index (κ3) is 3.49. The van der Waals surface area contributed by atoms with E-state index in [1.807, 2.05) is 18.2 Å². The average molecular weight is 307 g/mol. The van der Waals surface area contributed by atoms with Gasteiger partial charge in [0, 0.05) is 19.0 Å². The molecule has 0 saturated heterocycles. The van der Waals surface area contributed by atoms with Crippen molar-refractivity contribution in [3.63, 3.8) is 0 Å². The zero-order valence-corrected chi connectivity index (χ0v) is 12.6. The number of carbonyl (C=O) groups is 2. The number of carbonyl (C=O) groups excluding carboxylic acids is 2. The molecule has 6 heteroatoms. The molecule has 0 fully saturated rings. The quantitative estimate of drug-likeness (QED) is 0.814. The van der Waals surface area contributed by atoms with Gasteiger partial charge < -0.3 is 9.64 Å². The number of methoxy groups -OCH3 is 1. The molecule has 0 saturated carbocycles. The summed E-state index contributed by atoms with van der Waals surface area (Å²) in [6, 6.07) is 8.88. The Labute approximate surface area is 127 Å². The first-order valence-electron chi connectivity index (χ1n) is 6.40. The number of pyridine rings is 1. The highest BCUT2D eigenvalue weighted by atomic mass is 35.5. The molecule has 0 bridgehead atoms. The first kappa shape index (κ1) is 15.3. The van der Waals surface area contributed by atoms with Crippen LogP contribution >= 0.6 is 11.6 Å². The molecule has 0 aliphatic carbocycles. The van der Waals surface area contributed by atoms with Gasteiger partial charge in [0.1, 0.15) is 5.69 Å². The summed E-state index contributed by atoms with van der Waals surface area (Å²) in [4.78, 5) is 29.1. The van der Waals surface area contributed by atoms with Gasteiger partial charge in [-0.2, -0.15) is 0 Å². The molecule has 2 rings (SSSR count). The molecule has 1 heterocycles. The number of aromatic nitrogens is 1. The van der Waals surface area contributed by atoms with Crippen LogP contribution in [0.1, 0.15) is 16.9 Å². The fraction of sp³-hybridized carbons (Fsp3) is 0.267. The molecule has 1 aromatic carbocycles. The number of halogens is 1. The van der Waals surface area contributed by atoms with Crippen LogP contribution in [0.25, 0.3) is 10.9 Å². The molecule has 2 aromatic rings. The standard InChI is InChI=1S/C15H15ClN2O3/c1-18(8-7-14(19)21-2)15(20)13-9-11(16)10-5-3-4-6-12(10)17-13/h3-6,9H,7-8H2,1-2H3. The van der Waals surface area contributed by atoms with E-state index in [1.54, 1.807) is 19.2 Å². The summed E-state index contributed by atoms with van der Waals surface area (Å²) in [5.41, 5.74) is 0.917. The number of amides is 1. The highest BCUT2D eigenvalue weighted by Gasteiger charge is 2.16. The summed E-state index contributed by atoms with van der Waals surface area (Å²) in [6.45, 7) is 0.262. The van der Waals surface area contributed by atoms with Crippen LogP contribution in [0, 0.1) is 0 Å². The van der Waals surface area contributed by atoms with E-state index >= 15 is 0 Å². The van der Waals surface area contributed by atoms with E-state index in [1.165, 1.54) is 12.0 Å². The van der Waals surface area contributed by atoms with Crippen molar-refractivity contribution in [3.8, 4) is 0 Å². The van der Waals surface area contributed by atoms with Gasteiger partial charge in [0.25, 0.3) is 5.91 Å². The maximum absolute atomic E-state index is 12.3. The number of ether oxygens (including phenoxy) is 1. The van der Waals surface area contributed by atoms with E-state index < -0.39 is 0 Å². The van der Waals surface area contributed by atoms with Crippen LogP contribution in [-0.4, -0.2) is 42.5 Å². The molecule has 0 atom stereocenters. The van der Waals surface area contributed by atoms with Gasteiger partial charge in [-0.1, -0.05) is 29.8 Å². The minimum absolute atomic E-state index is 0.139. The van der Waals surface area contributed by atoms with E-state index in [0.717, 1.165) is 5.39 Å². The number of fused-ring (bicyclic) bond motifs is 1. The van der Waals surface area contributed by atoms with Crippen LogP contribution in [-0.2, 0) is 9.53 Å². The zero-order chi connectivity index (χ0) is 15.4. The molecule has 0 aliphatic rings. The second-order valence-corrected chi connectivity index (χ2v) is 4.97. The van der Waals surface area contributed by atoms with Crippen molar-refractivity contribution in [3.05, 3.63) is 41.0 Å². The fourth-order valence-electron chi connectivity index (χ4n) is 1.90. The van der Waals surface area contributed by atoms with E-state index in [9.17, 15) is 9.59 Å². The van der Waals surface area contributed by atoms with E-state index in [0.29, 0.717) is 10.5 Å². The molecule has 0 aliphatic heterocycles. The summed E-state index contributed by atoms with van der Waals surface area (Å²) in [5, 5.41) is 1.28. The highest BCUT2D eigenvalue weighted by Crippen LogP contribution is 2.23. The summed E-state index contributed by atoms with van der Waals surface area (Å²) < 4.78 is 4.55. The van der Waals surface area contributed by atoms with Crippen LogP contribution in [0.4, 0.5) is 0 Å². The van der Waals surface area contributed by atoms with Gasteiger partial charge >= 0.3 is 5.97 Å². The predicted octanol–water partition coefficient (Wildman–Crippen LogP) is 2.52. The molecule has 110 valence electrons. The fourth-order valence-corrected chi connectivity index (χ4v) is 2.16. The Bertz CT molecular complexity index is 688. The summed E-state index contributed by atoms with van der Waals surface area (Å²) in [6.07, 6.45) is 0.139. The monoisotopic (exact) mass is 306 g/mol. The van der Waals surface area contributed by atoms with Crippen LogP contribution in [0.5, 0.6) is 0 Å². The third-order valence-corrected chi connectivity index (χ3v) is 3.42. The van der Waals surface area contributed by atoms with Gasteiger partial charge in [0.05, 0.1) is 24.1 Å². The van der Waals surface area contributed by atoms with Crippen molar-refractivity contribution in [2.45, 2.75) is 6.42 Å². The molecule has 0 radical (unpaired) electrons. The summed E-state index contributed by atoms with van der Waals surface area (Å²) >= 11 is 6.18. The Morgan fingerprint density at radius 1 is 1.33 bits per heavy atom. The molecular formula is C15H15ClN2O3. The van der Waals surface area contributed by atoms with Gasteiger partial charge in [0.2, 0.25) is 0 Å². The second kappa shape index (κ2) is 6.54. The maximum Gasteiger partial charge on any atom is 0.307 e. The molecule has 0 spiro atoms. The molecule has 21 heavy (non-hydrogen) atoms. The lowest BCUT2D eigenvalue weighted by atomic mass is 10.2. The number of benzene rings is 1. The maximum atomic E-state index is 12.3. The molecule has 0 unspecified atom stereocenters. The number of hydrogen-bond donors (Lipinski definition) is 0. The van der Waals surface area contributed by atoms with Crippen LogP contribution in [0.15, 0.2) is 30.3 Å². The Kier molecular flexibility index (Phi) is 4.75. The average Bonchev–Trinajstić information content (AvgIpc) is 2.51. The summed E-state index contributed by atoms with van der Waals surface area (Å²) in [5.74, 6) is -0.647. The number of esters is 1. The first-order valence-corrected chi connectivity index (χ1v) is 6.78. The van der Waals surface area contributed by atoms with Crippen molar-refractivity contribution in [2.24, 2.45) is 0 Å². The minimum atomic E-state index is -0.362. The molecule has 1 aromatic heterocycles. The van der Waals surface area contributed by atoms with Crippen LogP contribution in [0.3, 0.4) is 0 Å². The van der Waals surface area contributed by atoms with Crippen molar-refractivity contribution in [2.75, 3.05) is 20.7 Å². The molecule has 1 amide bonds. The van der Waals surface area contributed by atoms with Gasteiger partial charge in [0.15, 0.2) is 0 Å². The van der Waals surface area contributed by atoms with E-state index in [-0.39, 0.29) is 30.5 Å². The lowest BCUT2D eigenvalue weighted by Gasteiger charge is -2.16. The van der Waals surface area contributed by atoms with Gasteiger partial charge in [-0.3, -0.25) is 9.59 Å². The van der Waals surface area contributed by atoms with Crippen molar-refractivity contribution in [1.82, 2.24) is 9.88 Å². The molecule has 0 N–H and O–H groups in total. The Morgan fingerprint density at radius 2 is 2.05 bits per heavy atom. The Morgan fingerprint density at radius 3 is 2.76 bits per heavy atom. The van der Waals surface area contributed by atoms with Crippen molar-refractivity contribution < 1.29 is 14.3 Å². The van der Waals surface area contributed by atoms with E-state index in [4.69, 9.17) is 11.6 Å². The Balaban J connectivity index is 2.21. The lowest BCUT2D eigenvalue weighted by molar-refractivity contribution is -0.140. The molecule has 5 nitrogen and oxygen atoms in total. The SMILES string of the molecule is COC(=O)CCN(C)C(=O)c1cc(Cl)c2ccccc2n1. The third-order valence-electron chi connectivity index (χ3n) is 3.11. The second-order valence-electron chi connectivity index (χ2n) is 4.56. The normalized spacial score (nSPS) is 10.4. The first-order chi connectivity index (χ1) is 10.0. The van der Waals surface area contributed by atoms with Gasteiger partial charge in [-0.05, 0) is 12.1 Å². The molecular weight excluding hydrogens is 292 g/mol. The van der Waals surface area contributed by atoms with Crippen LogP contribution in [0.2, 0.25) is 5.02 Å². The zero-order valence-electron chi connectivity index (χ0n) is 11.8. The largest absolute Gasteiger partial charge is 0.469 e. The van der Waals surface area contributed by atoms with Gasteiger partial charge in [-0.15, -0.1) is 0 Å². The van der Waals surface area contributed by atoms with Crippen molar-refractivity contribution in [1.29, 1.82) is 0 Å². The Hall–Kier alpha value is -2.14. The van der Waals surface area contributed by atoms with E-state index in [2.05, 4.69) is 9.72 Å². The summed E-state index contributed by atoms with van der Waals surface area (Å²) in [7, 11) is 2.92. The number of para-hydroxylation sites is 1. The van der Waals surface area contributed by atoms with Crippen molar-refractivity contribution >= 4 is 34.4 Å².